The lowest BCUT2D eigenvalue weighted by molar-refractivity contribution is 0.762. The van der Waals surface area contributed by atoms with Crippen LogP contribution in [0.1, 0.15) is 32.8 Å². The van der Waals surface area contributed by atoms with Crippen LogP contribution in [0.15, 0.2) is 82.8 Å². The normalized spacial score (nSPS) is 21.3. The Morgan fingerprint density at radius 3 is 2.61 bits per heavy atom. The van der Waals surface area contributed by atoms with E-state index in [0.29, 0.717) is 0 Å². The van der Waals surface area contributed by atoms with Crippen LogP contribution >= 0.6 is 0 Å². The van der Waals surface area contributed by atoms with Gasteiger partial charge in [0.1, 0.15) is 5.84 Å². The van der Waals surface area contributed by atoms with Crippen molar-refractivity contribution in [2.45, 2.75) is 27.2 Å². The number of hydrogen-bond donors (Lipinski definition) is 0. The second-order valence-corrected chi connectivity index (χ2v) is 5.71. The average Bonchev–Trinajstić information content (AvgIpc) is 2.77. The first kappa shape index (κ1) is 16.9. The highest BCUT2D eigenvalue weighted by Gasteiger charge is 2.25. The number of allylic oxidation sites excluding steroid dienone is 4. The smallest absolute Gasteiger partial charge is 0.141 e. The third-order valence-electron chi connectivity index (χ3n) is 3.89. The van der Waals surface area contributed by atoms with Crippen LogP contribution in [-0.4, -0.2) is 12.1 Å². The van der Waals surface area contributed by atoms with Crippen molar-refractivity contribution < 1.29 is 0 Å². The van der Waals surface area contributed by atoms with Crippen LogP contribution in [0.25, 0.3) is 5.70 Å². The highest BCUT2D eigenvalue weighted by molar-refractivity contribution is 5.99. The molecule has 0 radical (unpaired) electrons. The van der Waals surface area contributed by atoms with Crippen molar-refractivity contribution in [2.75, 3.05) is 0 Å². The molecule has 0 amide bonds. The molecular formula is C21H24N2. The SMILES string of the molecule is C=C(N=C(N=CC)C1(C)C=CC=C(CC)C=C1)c1ccccc1. The highest BCUT2D eigenvalue weighted by Crippen LogP contribution is 2.29. The Kier molecular flexibility index (Phi) is 5.64. The van der Waals surface area contributed by atoms with Crippen molar-refractivity contribution in [3.05, 3.63) is 78.4 Å². The summed E-state index contributed by atoms with van der Waals surface area (Å²) in [6.07, 6.45) is 13.5. The van der Waals surface area contributed by atoms with Crippen molar-refractivity contribution in [3.8, 4) is 0 Å². The molecule has 1 unspecified atom stereocenters. The van der Waals surface area contributed by atoms with E-state index in [9.17, 15) is 0 Å². The molecule has 0 fully saturated rings. The highest BCUT2D eigenvalue weighted by atomic mass is 14.9. The number of hydrogen-bond acceptors (Lipinski definition) is 1. The Labute approximate surface area is 139 Å². The van der Waals surface area contributed by atoms with E-state index in [2.05, 4.69) is 55.8 Å². The third kappa shape index (κ3) is 4.26. The quantitative estimate of drug-likeness (QED) is 0.510. The summed E-state index contributed by atoms with van der Waals surface area (Å²) in [5.41, 5.74) is 2.68. The van der Waals surface area contributed by atoms with Gasteiger partial charge in [0, 0.05) is 6.21 Å². The second-order valence-electron chi connectivity index (χ2n) is 5.71. The van der Waals surface area contributed by atoms with Crippen molar-refractivity contribution in [3.63, 3.8) is 0 Å². The van der Waals surface area contributed by atoms with Crippen molar-refractivity contribution in [2.24, 2.45) is 15.4 Å². The van der Waals surface area contributed by atoms with E-state index in [0.717, 1.165) is 23.5 Å². The fraction of sp³-hybridized carbons (Fsp3) is 0.238. The third-order valence-corrected chi connectivity index (χ3v) is 3.89. The van der Waals surface area contributed by atoms with Gasteiger partial charge in [0.15, 0.2) is 0 Å². The zero-order valence-electron chi connectivity index (χ0n) is 14.2. The summed E-state index contributed by atoms with van der Waals surface area (Å²) >= 11 is 0. The standard InChI is InChI=1S/C21H24N2/c1-5-18-11-10-15-21(4,16-14-18)20(22-6-2)23-17(3)19-12-8-7-9-13-19/h6-16H,3,5H2,1-2,4H3. The van der Waals surface area contributed by atoms with Crippen LogP contribution in [-0.2, 0) is 0 Å². The van der Waals surface area contributed by atoms with E-state index in [-0.39, 0.29) is 5.41 Å². The zero-order valence-corrected chi connectivity index (χ0v) is 14.2. The molecule has 0 N–H and O–H groups in total. The number of benzene rings is 1. The number of nitrogens with zero attached hydrogens (tertiary/aromatic N) is 2. The minimum absolute atomic E-state index is 0.350. The van der Waals surface area contributed by atoms with Crippen LogP contribution < -0.4 is 0 Å². The zero-order chi connectivity index (χ0) is 16.7. The summed E-state index contributed by atoms with van der Waals surface area (Å²) in [7, 11) is 0. The van der Waals surface area contributed by atoms with Gasteiger partial charge in [-0.05, 0) is 31.4 Å². The van der Waals surface area contributed by atoms with Crippen LogP contribution in [0.5, 0.6) is 0 Å². The van der Waals surface area contributed by atoms with Gasteiger partial charge in [-0.1, -0.05) is 74.2 Å². The first-order valence-electron chi connectivity index (χ1n) is 7.99. The van der Waals surface area contributed by atoms with E-state index in [1.165, 1.54) is 5.57 Å². The molecule has 1 atom stereocenters. The minimum atomic E-state index is -0.350. The van der Waals surface area contributed by atoms with Crippen LogP contribution in [0.4, 0.5) is 0 Å². The molecule has 0 heterocycles. The Balaban J connectivity index is 2.39. The monoisotopic (exact) mass is 304 g/mol. The van der Waals surface area contributed by atoms with E-state index < -0.39 is 0 Å². The summed E-state index contributed by atoms with van der Waals surface area (Å²) < 4.78 is 0. The Morgan fingerprint density at radius 2 is 1.96 bits per heavy atom. The van der Waals surface area contributed by atoms with Crippen LogP contribution in [0.3, 0.4) is 0 Å². The summed E-state index contributed by atoms with van der Waals surface area (Å²) in [6, 6.07) is 9.99. The van der Waals surface area contributed by atoms with E-state index in [1.54, 1.807) is 6.21 Å². The molecule has 0 saturated heterocycles. The Hall–Kier alpha value is -2.48. The van der Waals surface area contributed by atoms with Gasteiger partial charge < -0.3 is 0 Å². The molecule has 1 aromatic rings. The summed E-state index contributed by atoms with van der Waals surface area (Å²) in [5, 5.41) is 0. The molecule has 0 aromatic heterocycles. The molecule has 1 aliphatic carbocycles. The molecule has 2 heteroatoms. The Bertz CT molecular complexity index is 703. The number of rotatable bonds is 4. The number of amidine groups is 1. The molecule has 2 rings (SSSR count). The van der Waals surface area contributed by atoms with Gasteiger partial charge in [-0.25, -0.2) is 9.98 Å². The van der Waals surface area contributed by atoms with Crippen LogP contribution in [0.2, 0.25) is 0 Å². The van der Waals surface area contributed by atoms with E-state index in [4.69, 9.17) is 4.99 Å². The maximum absolute atomic E-state index is 4.72. The van der Waals surface area contributed by atoms with E-state index >= 15 is 0 Å². The topological polar surface area (TPSA) is 24.7 Å². The van der Waals surface area contributed by atoms with Crippen molar-refractivity contribution >= 4 is 17.7 Å². The molecule has 1 aliphatic rings. The molecule has 2 nitrogen and oxygen atoms in total. The fourth-order valence-electron chi connectivity index (χ4n) is 2.38. The first-order chi connectivity index (χ1) is 11.1. The summed E-state index contributed by atoms with van der Waals surface area (Å²) in [4.78, 5) is 9.24. The lowest BCUT2D eigenvalue weighted by Crippen LogP contribution is -2.21. The molecule has 23 heavy (non-hydrogen) atoms. The largest absolute Gasteiger partial charge is 0.245 e. The first-order valence-corrected chi connectivity index (χ1v) is 7.99. The predicted molar refractivity (Wildman–Crippen MR) is 102 cm³/mol. The van der Waals surface area contributed by atoms with Gasteiger partial charge in [0.2, 0.25) is 0 Å². The molecule has 118 valence electrons. The second kappa shape index (κ2) is 7.68. The lowest BCUT2D eigenvalue weighted by Gasteiger charge is -2.21. The van der Waals surface area contributed by atoms with Gasteiger partial charge >= 0.3 is 0 Å². The number of aliphatic imine (C=N–C) groups is 2. The van der Waals surface area contributed by atoms with Gasteiger partial charge in [0.05, 0.1) is 11.1 Å². The summed E-state index contributed by atoms with van der Waals surface area (Å²) in [5.74, 6) is 0.743. The van der Waals surface area contributed by atoms with E-state index in [1.807, 2.05) is 37.3 Å². The average molecular weight is 304 g/mol. The molecule has 0 saturated carbocycles. The van der Waals surface area contributed by atoms with Gasteiger partial charge in [-0.3, -0.25) is 0 Å². The van der Waals surface area contributed by atoms with Crippen LogP contribution in [0, 0.1) is 5.41 Å². The Morgan fingerprint density at radius 1 is 1.22 bits per heavy atom. The maximum atomic E-state index is 4.72. The predicted octanol–water partition coefficient (Wildman–Crippen LogP) is 5.62. The molecule has 0 aliphatic heterocycles. The molecular weight excluding hydrogens is 280 g/mol. The maximum Gasteiger partial charge on any atom is 0.141 e. The van der Waals surface area contributed by atoms with Gasteiger partial charge in [-0.2, -0.15) is 0 Å². The summed E-state index contributed by atoms with van der Waals surface area (Å²) in [6.45, 7) is 10.3. The van der Waals surface area contributed by atoms with Crippen molar-refractivity contribution in [1.82, 2.24) is 0 Å². The molecule has 0 bridgehead atoms. The van der Waals surface area contributed by atoms with Crippen molar-refractivity contribution in [1.29, 1.82) is 0 Å². The van der Waals surface area contributed by atoms with Gasteiger partial charge in [-0.15, -0.1) is 0 Å². The molecule has 1 aromatic carbocycles. The lowest BCUT2D eigenvalue weighted by atomic mass is 9.88. The van der Waals surface area contributed by atoms with Gasteiger partial charge in [0.25, 0.3) is 0 Å². The fourth-order valence-corrected chi connectivity index (χ4v) is 2.38. The minimum Gasteiger partial charge on any atom is -0.245 e. The molecule has 0 spiro atoms.